The first-order valence-electron chi connectivity index (χ1n) is 7.04. The number of nitro groups is 2. The topological polar surface area (TPSA) is 157 Å². The average molecular weight is 360 g/mol. The van der Waals surface area contributed by atoms with Gasteiger partial charge in [-0.25, -0.2) is 5.43 Å². The summed E-state index contributed by atoms with van der Waals surface area (Å²) in [7, 11) is 0. The number of carbonyl (C=O) groups is 1. The average Bonchev–Trinajstić information content (AvgIpc) is 2.61. The number of carbonyl (C=O) groups excluding carboxylic acids is 1. The van der Waals surface area contributed by atoms with E-state index < -0.39 is 33.8 Å². The Morgan fingerprint density at radius 3 is 2.54 bits per heavy atom. The van der Waals surface area contributed by atoms with E-state index in [9.17, 15) is 30.1 Å². The molecule has 2 rings (SSSR count). The van der Waals surface area contributed by atoms with Crippen LogP contribution in [0, 0.1) is 20.2 Å². The summed E-state index contributed by atoms with van der Waals surface area (Å²) in [5.74, 6) is -1.24. The summed E-state index contributed by atoms with van der Waals surface area (Å²) >= 11 is 0. The number of benzene rings is 2. The van der Waals surface area contributed by atoms with Crippen LogP contribution in [0.5, 0.6) is 11.5 Å². The number of nitro benzene ring substituents is 2. The van der Waals surface area contributed by atoms with Crippen LogP contribution in [-0.4, -0.2) is 33.7 Å². The van der Waals surface area contributed by atoms with Gasteiger partial charge in [-0.3, -0.25) is 25.0 Å². The van der Waals surface area contributed by atoms with Crippen molar-refractivity contribution >= 4 is 23.5 Å². The second-order valence-electron chi connectivity index (χ2n) is 4.81. The highest BCUT2D eigenvalue weighted by Gasteiger charge is 2.15. The zero-order valence-electron chi connectivity index (χ0n) is 13.1. The second kappa shape index (κ2) is 8.19. The molecule has 0 aliphatic carbocycles. The van der Waals surface area contributed by atoms with Crippen molar-refractivity contribution in [3.63, 3.8) is 0 Å². The van der Waals surface area contributed by atoms with Crippen LogP contribution in [0.2, 0.25) is 0 Å². The predicted molar refractivity (Wildman–Crippen MR) is 89.1 cm³/mol. The number of hydrogen-bond donors (Lipinski definition) is 2. The van der Waals surface area contributed by atoms with Crippen LogP contribution in [-0.2, 0) is 4.79 Å². The third-order valence-electron chi connectivity index (χ3n) is 3.02. The van der Waals surface area contributed by atoms with Gasteiger partial charge >= 0.3 is 11.4 Å². The lowest BCUT2D eigenvalue weighted by Crippen LogP contribution is -2.24. The molecule has 0 saturated carbocycles. The van der Waals surface area contributed by atoms with Crippen LogP contribution < -0.4 is 10.2 Å². The minimum absolute atomic E-state index is 0.0641. The Labute approximate surface area is 145 Å². The fourth-order valence-corrected chi connectivity index (χ4v) is 1.85. The molecule has 0 radical (unpaired) electrons. The molecule has 2 aromatic carbocycles. The molecule has 0 fully saturated rings. The molecule has 0 bridgehead atoms. The van der Waals surface area contributed by atoms with Crippen molar-refractivity contribution in [2.75, 3.05) is 6.61 Å². The number of amides is 1. The van der Waals surface area contributed by atoms with Crippen molar-refractivity contribution in [2.45, 2.75) is 0 Å². The summed E-state index contributed by atoms with van der Waals surface area (Å²) in [6, 6.07) is 9.14. The summed E-state index contributed by atoms with van der Waals surface area (Å²) in [6.07, 6.45) is 1.13. The maximum absolute atomic E-state index is 11.6. The van der Waals surface area contributed by atoms with Crippen molar-refractivity contribution in [2.24, 2.45) is 5.10 Å². The van der Waals surface area contributed by atoms with Gasteiger partial charge in [0.25, 0.3) is 5.91 Å². The van der Waals surface area contributed by atoms with Gasteiger partial charge in [-0.05, 0) is 18.2 Å². The molecule has 0 aliphatic rings. The van der Waals surface area contributed by atoms with Gasteiger partial charge in [-0.1, -0.05) is 12.1 Å². The normalized spacial score (nSPS) is 10.5. The fraction of sp³-hybridized carbons (Fsp3) is 0.0667. The summed E-state index contributed by atoms with van der Waals surface area (Å²) in [4.78, 5) is 31.8. The largest absolute Gasteiger partial charge is 0.502 e. The van der Waals surface area contributed by atoms with Crippen LogP contribution in [0.3, 0.4) is 0 Å². The minimum Gasteiger partial charge on any atom is -0.502 e. The number of hydrazone groups is 1. The Balaban J connectivity index is 1.93. The van der Waals surface area contributed by atoms with E-state index in [4.69, 9.17) is 4.74 Å². The van der Waals surface area contributed by atoms with E-state index in [2.05, 4.69) is 10.5 Å². The summed E-state index contributed by atoms with van der Waals surface area (Å²) in [5.41, 5.74) is 1.61. The lowest BCUT2D eigenvalue weighted by molar-refractivity contribution is -0.386. The molecule has 2 N–H and O–H groups in total. The number of nitrogens with one attached hydrogen (secondary N) is 1. The second-order valence-corrected chi connectivity index (χ2v) is 4.81. The predicted octanol–water partition coefficient (Wildman–Crippen LogP) is 1.74. The fourth-order valence-electron chi connectivity index (χ4n) is 1.85. The van der Waals surface area contributed by atoms with E-state index in [0.29, 0.717) is 0 Å². The standard InChI is InChI=1S/C15H12N4O7/c20-13-6-5-10(7-12(13)19(24)25)8-16-17-15(21)9-26-14-4-2-1-3-11(14)18(22)23/h1-8,20H,9H2,(H,17,21)/b16-8-. The summed E-state index contributed by atoms with van der Waals surface area (Å²) < 4.78 is 5.08. The van der Waals surface area contributed by atoms with Gasteiger partial charge in [0.2, 0.25) is 0 Å². The number of para-hydroxylation sites is 2. The molecule has 0 aromatic heterocycles. The van der Waals surface area contributed by atoms with Crippen molar-refractivity contribution in [3.05, 3.63) is 68.3 Å². The highest BCUT2D eigenvalue weighted by Crippen LogP contribution is 2.26. The molecule has 11 heteroatoms. The van der Waals surface area contributed by atoms with E-state index in [0.717, 1.165) is 18.3 Å². The molecule has 1 amide bonds. The number of nitrogens with zero attached hydrogens (tertiary/aromatic N) is 3. The Morgan fingerprint density at radius 1 is 1.15 bits per heavy atom. The number of hydrogen-bond acceptors (Lipinski definition) is 8. The van der Waals surface area contributed by atoms with E-state index in [-0.39, 0.29) is 17.0 Å². The maximum atomic E-state index is 11.6. The number of ether oxygens (including phenoxy) is 1. The van der Waals surface area contributed by atoms with E-state index in [1.807, 2.05) is 0 Å². The number of rotatable bonds is 7. The van der Waals surface area contributed by atoms with Crippen molar-refractivity contribution in [1.82, 2.24) is 5.43 Å². The summed E-state index contributed by atoms with van der Waals surface area (Å²) in [6.45, 7) is -0.516. The van der Waals surface area contributed by atoms with Gasteiger partial charge in [-0.2, -0.15) is 5.10 Å². The van der Waals surface area contributed by atoms with Crippen LogP contribution in [0.15, 0.2) is 47.6 Å². The van der Waals surface area contributed by atoms with Crippen molar-refractivity contribution in [3.8, 4) is 11.5 Å². The molecule has 0 saturated heterocycles. The molecular formula is C15H12N4O7. The van der Waals surface area contributed by atoms with Gasteiger partial charge in [0.15, 0.2) is 18.1 Å². The van der Waals surface area contributed by atoms with Crippen LogP contribution in [0.4, 0.5) is 11.4 Å². The molecular weight excluding hydrogens is 348 g/mol. The third-order valence-corrected chi connectivity index (χ3v) is 3.02. The number of phenols is 1. The minimum atomic E-state index is -0.758. The van der Waals surface area contributed by atoms with Crippen LogP contribution in [0.25, 0.3) is 0 Å². The first kappa shape index (κ1) is 18.3. The molecule has 0 spiro atoms. The summed E-state index contributed by atoms with van der Waals surface area (Å²) in [5, 5.41) is 34.5. The highest BCUT2D eigenvalue weighted by molar-refractivity contribution is 5.84. The van der Waals surface area contributed by atoms with Gasteiger partial charge in [0.05, 0.1) is 16.1 Å². The van der Waals surface area contributed by atoms with Crippen LogP contribution in [0.1, 0.15) is 5.56 Å². The smallest absolute Gasteiger partial charge is 0.311 e. The Morgan fingerprint density at radius 2 is 1.85 bits per heavy atom. The Kier molecular flexibility index (Phi) is 5.77. The number of phenolic OH excluding ortho intramolecular Hbond substituents is 1. The SMILES string of the molecule is O=C(COc1ccccc1[N+](=O)[O-])N/N=C\c1ccc(O)c([N+](=O)[O-])c1. The van der Waals surface area contributed by atoms with Gasteiger partial charge in [0.1, 0.15) is 0 Å². The molecule has 11 nitrogen and oxygen atoms in total. The van der Waals surface area contributed by atoms with E-state index in [1.165, 1.54) is 30.3 Å². The maximum Gasteiger partial charge on any atom is 0.311 e. The lowest BCUT2D eigenvalue weighted by Gasteiger charge is -2.05. The number of aromatic hydroxyl groups is 1. The molecule has 2 aromatic rings. The first-order chi connectivity index (χ1) is 12.4. The van der Waals surface area contributed by atoms with Crippen molar-refractivity contribution < 1.29 is 24.5 Å². The van der Waals surface area contributed by atoms with Crippen molar-refractivity contribution in [1.29, 1.82) is 0 Å². The Bertz CT molecular complexity index is 882. The Hall–Kier alpha value is -4.02. The molecule has 0 unspecified atom stereocenters. The third kappa shape index (κ3) is 4.74. The zero-order chi connectivity index (χ0) is 19.1. The van der Waals surface area contributed by atoms with Gasteiger partial charge in [-0.15, -0.1) is 0 Å². The molecule has 0 atom stereocenters. The van der Waals surface area contributed by atoms with E-state index >= 15 is 0 Å². The lowest BCUT2D eigenvalue weighted by atomic mass is 10.2. The molecule has 0 heterocycles. The highest BCUT2D eigenvalue weighted by atomic mass is 16.6. The molecule has 26 heavy (non-hydrogen) atoms. The van der Waals surface area contributed by atoms with Gasteiger partial charge in [0, 0.05) is 17.7 Å². The monoisotopic (exact) mass is 360 g/mol. The molecule has 0 aliphatic heterocycles. The molecule has 134 valence electrons. The van der Waals surface area contributed by atoms with Crippen LogP contribution >= 0.6 is 0 Å². The van der Waals surface area contributed by atoms with Gasteiger partial charge < -0.3 is 9.84 Å². The first-order valence-corrected chi connectivity index (χ1v) is 7.04. The quantitative estimate of drug-likeness (QED) is 0.432. The zero-order valence-corrected chi connectivity index (χ0v) is 13.1. The van der Waals surface area contributed by atoms with E-state index in [1.54, 1.807) is 0 Å².